The fourth-order valence-corrected chi connectivity index (χ4v) is 2.19. The summed E-state index contributed by atoms with van der Waals surface area (Å²) < 4.78 is 14.2. The topological polar surface area (TPSA) is 53.4 Å². The summed E-state index contributed by atoms with van der Waals surface area (Å²) in [5.41, 5.74) is 1.89. The van der Waals surface area contributed by atoms with Crippen LogP contribution >= 0.6 is 0 Å². The normalized spacial score (nSPS) is 11.5. The van der Waals surface area contributed by atoms with Crippen molar-refractivity contribution in [3.8, 4) is 11.5 Å². The standard InChI is InChI=1S/C17H18FNO2/c1-10(2)15-14(20)9-12(16(18)17(15)21)7-8-13-6-4-5-11(3)19-13/h4-10,20-21H,1-3H3. The van der Waals surface area contributed by atoms with Gasteiger partial charge >= 0.3 is 0 Å². The van der Waals surface area contributed by atoms with E-state index < -0.39 is 11.6 Å². The van der Waals surface area contributed by atoms with Gasteiger partial charge in [0.15, 0.2) is 11.6 Å². The van der Waals surface area contributed by atoms with Crippen molar-refractivity contribution >= 4 is 12.2 Å². The van der Waals surface area contributed by atoms with Crippen molar-refractivity contribution in [2.24, 2.45) is 0 Å². The highest BCUT2D eigenvalue weighted by molar-refractivity contribution is 5.71. The minimum atomic E-state index is -0.736. The Morgan fingerprint density at radius 2 is 1.90 bits per heavy atom. The number of phenols is 2. The third kappa shape index (κ3) is 3.21. The molecular weight excluding hydrogens is 269 g/mol. The zero-order valence-electron chi connectivity index (χ0n) is 12.3. The third-order valence-corrected chi connectivity index (χ3v) is 3.21. The number of pyridine rings is 1. The van der Waals surface area contributed by atoms with E-state index in [1.54, 1.807) is 26.0 Å². The second-order valence-electron chi connectivity index (χ2n) is 5.25. The van der Waals surface area contributed by atoms with Crippen LogP contribution in [-0.4, -0.2) is 15.2 Å². The Balaban J connectivity index is 2.42. The van der Waals surface area contributed by atoms with Crippen molar-refractivity contribution in [2.45, 2.75) is 26.7 Å². The molecule has 0 saturated carbocycles. The number of aromatic hydroxyl groups is 2. The van der Waals surface area contributed by atoms with E-state index in [-0.39, 0.29) is 22.8 Å². The molecule has 1 aromatic carbocycles. The van der Waals surface area contributed by atoms with Gasteiger partial charge in [0.05, 0.1) is 5.69 Å². The Kier molecular flexibility index (Phi) is 4.26. The maximum absolute atomic E-state index is 14.2. The SMILES string of the molecule is Cc1cccc(C=Cc2cc(O)c(C(C)C)c(O)c2F)n1. The summed E-state index contributed by atoms with van der Waals surface area (Å²) in [4.78, 5) is 4.27. The quantitative estimate of drug-likeness (QED) is 0.888. The van der Waals surface area contributed by atoms with Crippen LogP contribution in [0.2, 0.25) is 0 Å². The van der Waals surface area contributed by atoms with Gasteiger partial charge in [0.1, 0.15) is 5.75 Å². The molecule has 0 spiro atoms. The monoisotopic (exact) mass is 287 g/mol. The molecule has 1 heterocycles. The number of aromatic nitrogens is 1. The molecule has 2 aromatic rings. The Bertz CT molecular complexity index is 693. The fourth-order valence-electron chi connectivity index (χ4n) is 2.19. The van der Waals surface area contributed by atoms with Gasteiger partial charge in [0.2, 0.25) is 0 Å². The van der Waals surface area contributed by atoms with E-state index in [1.165, 1.54) is 12.1 Å². The van der Waals surface area contributed by atoms with E-state index in [0.29, 0.717) is 5.69 Å². The molecule has 0 saturated heterocycles. The highest BCUT2D eigenvalue weighted by Gasteiger charge is 2.18. The van der Waals surface area contributed by atoms with E-state index in [2.05, 4.69) is 4.98 Å². The van der Waals surface area contributed by atoms with Crippen molar-refractivity contribution in [3.05, 3.63) is 52.6 Å². The molecule has 2 N–H and O–H groups in total. The molecule has 0 aliphatic carbocycles. The Hall–Kier alpha value is -2.36. The fraction of sp³-hybridized carbons (Fsp3) is 0.235. The molecule has 0 aliphatic heterocycles. The molecular formula is C17H18FNO2. The van der Waals surface area contributed by atoms with Crippen LogP contribution in [0.5, 0.6) is 11.5 Å². The van der Waals surface area contributed by atoms with Crippen LogP contribution < -0.4 is 0 Å². The average Bonchev–Trinajstić information content (AvgIpc) is 2.41. The first kappa shape index (κ1) is 15.0. The number of rotatable bonds is 3. The van der Waals surface area contributed by atoms with Gasteiger partial charge in [-0.3, -0.25) is 4.98 Å². The first-order chi connectivity index (χ1) is 9.90. The van der Waals surface area contributed by atoms with Crippen molar-refractivity contribution in [3.63, 3.8) is 0 Å². The molecule has 0 fully saturated rings. The number of hydrogen-bond donors (Lipinski definition) is 2. The van der Waals surface area contributed by atoms with Crippen LogP contribution in [0.15, 0.2) is 24.3 Å². The number of aryl methyl sites for hydroxylation is 1. The van der Waals surface area contributed by atoms with E-state index >= 15 is 0 Å². The molecule has 0 aliphatic rings. The van der Waals surface area contributed by atoms with Crippen molar-refractivity contribution in [1.82, 2.24) is 4.98 Å². The summed E-state index contributed by atoms with van der Waals surface area (Å²) in [7, 11) is 0. The molecule has 1 aromatic heterocycles. The van der Waals surface area contributed by atoms with Gasteiger partial charge in [-0.15, -0.1) is 0 Å². The van der Waals surface area contributed by atoms with Crippen LogP contribution in [0, 0.1) is 12.7 Å². The summed E-state index contributed by atoms with van der Waals surface area (Å²) in [6.45, 7) is 5.42. The Morgan fingerprint density at radius 3 is 2.52 bits per heavy atom. The van der Waals surface area contributed by atoms with Gasteiger partial charge in [-0.05, 0) is 43.2 Å². The highest BCUT2D eigenvalue weighted by Crippen LogP contribution is 2.38. The average molecular weight is 287 g/mol. The van der Waals surface area contributed by atoms with Crippen molar-refractivity contribution in [1.29, 1.82) is 0 Å². The molecule has 21 heavy (non-hydrogen) atoms. The summed E-state index contributed by atoms with van der Waals surface area (Å²) in [5, 5.41) is 19.8. The minimum Gasteiger partial charge on any atom is -0.507 e. The largest absolute Gasteiger partial charge is 0.507 e. The Morgan fingerprint density at radius 1 is 1.19 bits per heavy atom. The van der Waals surface area contributed by atoms with Gasteiger partial charge in [-0.25, -0.2) is 4.39 Å². The van der Waals surface area contributed by atoms with Gasteiger partial charge in [-0.2, -0.15) is 0 Å². The maximum Gasteiger partial charge on any atom is 0.172 e. The molecule has 2 rings (SSSR count). The zero-order valence-corrected chi connectivity index (χ0v) is 12.3. The first-order valence-electron chi connectivity index (χ1n) is 6.76. The number of hydrogen-bond acceptors (Lipinski definition) is 3. The second kappa shape index (κ2) is 5.95. The van der Waals surface area contributed by atoms with Gasteiger partial charge in [0.25, 0.3) is 0 Å². The molecule has 0 bridgehead atoms. The summed E-state index contributed by atoms with van der Waals surface area (Å²) in [6.07, 6.45) is 3.12. The number of nitrogens with zero attached hydrogens (tertiary/aromatic N) is 1. The lowest BCUT2D eigenvalue weighted by molar-refractivity contribution is 0.404. The lowest BCUT2D eigenvalue weighted by atomic mass is 9.98. The van der Waals surface area contributed by atoms with Crippen molar-refractivity contribution < 1.29 is 14.6 Å². The predicted molar refractivity (Wildman–Crippen MR) is 81.7 cm³/mol. The van der Waals surface area contributed by atoms with E-state index in [9.17, 15) is 14.6 Å². The van der Waals surface area contributed by atoms with Gasteiger partial charge in [-0.1, -0.05) is 19.9 Å². The maximum atomic E-state index is 14.2. The van der Waals surface area contributed by atoms with Crippen LogP contribution in [0.3, 0.4) is 0 Å². The van der Waals surface area contributed by atoms with E-state index in [1.807, 2.05) is 19.1 Å². The van der Waals surface area contributed by atoms with Crippen molar-refractivity contribution in [2.75, 3.05) is 0 Å². The summed E-state index contributed by atoms with van der Waals surface area (Å²) in [6, 6.07) is 6.84. The van der Waals surface area contributed by atoms with E-state index in [0.717, 1.165) is 5.69 Å². The third-order valence-electron chi connectivity index (χ3n) is 3.21. The Labute approximate surface area is 123 Å². The molecule has 0 amide bonds. The number of benzene rings is 1. The van der Waals surface area contributed by atoms with Crippen LogP contribution in [0.25, 0.3) is 12.2 Å². The lowest BCUT2D eigenvalue weighted by Crippen LogP contribution is -1.94. The zero-order chi connectivity index (χ0) is 15.6. The van der Waals surface area contributed by atoms with Crippen LogP contribution in [0.4, 0.5) is 4.39 Å². The highest BCUT2D eigenvalue weighted by atomic mass is 19.1. The van der Waals surface area contributed by atoms with E-state index in [4.69, 9.17) is 0 Å². The summed E-state index contributed by atoms with van der Waals surface area (Å²) in [5.74, 6) is -1.51. The number of phenolic OH excluding ortho intramolecular Hbond substituents is 2. The molecule has 3 nitrogen and oxygen atoms in total. The smallest absolute Gasteiger partial charge is 0.172 e. The molecule has 0 atom stereocenters. The second-order valence-corrected chi connectivity index (χ2v) is 5.25. The minimum absolute atomic E-state index is 0.110. The van der Waals surface area contributed by atoms with Crippen LogP contribution in [0.1, 0.15) is 42.3 Å². The molecule has 0 radical (unpaired) electrons. The lowest BCUT2D eigenvalue weighted by Gasteiger charge is -2.13. The molecule has 0 unspecified atom stereocenters. The molecule has 4 heteroatoms. The first-order valence-corrected chi connectivity index (χ1v) is 6.76. The van der Waals surface area contributed by atoms with Crippen LogP contribution in [-0.2, 0) is 0 Å². The summed E-state index contributed by atoms with van der Waals surface area (Å²) >= 11 is 0. The molecule has 110 valence electrons. The van der Waals surface area contributed by atoms with Gasteiger partial charge in [0, 0.05) is 16.8 Å². The predicted octanol–water partition coefficient (Wildman–Crippen LogP) is 4.23. The van der Waals surface area contributed by atoms with Gasteiger partial charge < -0.3 is 10.2 Å². The number of halogens is 1.